The first kappa shape index (κ1) is 37.9. The van der Waals surface area contributed by atoms with Crippen LogP contribution in [-0.2, 0) is 13.1 Å². The molecule has 4 rings (SSSR count). The number of benzene rings is 4. The highest BCUT2D eigenvalue weighted by molar-refractivity contribution is 9.10. The molecule has 0 fully saturated rings. The van der Waals surface area contributed by atoms with Crippen LogP contribution in [0.5, 0.6) is 0 Å². The summed E-state index contributed by atoms with van der Waals surface area (Å²) in [6.07, 6.45) is 0.635. The average molecular weight is 709 g/mol. The standard InChI is InChI=1S/C14H15BClFN2O.C9H13BBrNO.C6H5BClFO2/c1-15(20)19-18-9-10-2-4-11(5-3-10)13-8-12(16)6-7-14(13)17;1-10(13)7-12-6-8-2-4-9(11)5-3-8;8-4-1-2-6(9)5(3-4)7(10)11/h2-8,18-20H,9H2,1H3;2-5,12-13H,6-7H2,1H3;1-3,10-11H. The summed E-state index contributed by atoms with van der Waals surface area (Å²) in [5.41, 5.74) is 6.18. The molecule has 0 aliphatic rings. The Labute approximate surface area is 276 Å². The molecule has 0 heterocycles. The molecule has 0 radical (unpaired) electrons. The molecule has 0 saturated carbocycles. The van der Waals surface area contributed by atoms with Gasteiger partial charge in [-0.3, -0.25) is 10.8 Å². The summed E-state index contributed by atoms with van der Waals surface area (Å²) in [5, 5.41) is 41.8. The summed E-state index contributed by atoms with van der Waals surface area (Å²) in [6.45, 7) is 4.48. The molecule has 4 aromatic carbocycles. The van der Waals surface area contributed by atoms with E-state index in [9.17, 15) is 8.78 Å². The Bertz CT molecular complexity index is 1430. The zero-order valence-corrected chi connectivity index (χ0v) is 27.2. The normalized spacial score (nSPS) is 10.2. The number of rotatable bonds is 10. The molecular weight excluding hydrogens is 676 g/mol. The Morgan fingerprint density at radius 3 is 1.82 bits per heavy atom. The van der Waals surface area contributed by atoms with Crippen molar-refractivity contribution in [3.8, 4) is 11.1 Å². The second kappa shape index (κ2) is 20.0. The Morgan fingerprint density at radius 2 is 1.27 bits per heavy atom. The van der Waals surface area contributed by atoms with E-state index in [-0.39, 0.29) is 23.2 Å². The zero-order valence-electron chi connectivity index (χ0n) is 24.1. The largest absolute Gasteiger partial charge is 0.491 e. The molecule has 15 heteroatoms. The van der Waals surface area contributed by atoms with Crippen molar-refractivity contribution >= 4 is 65.7 Å². The second-order valence-electron chi connectivity index (χ2n) is 9.64. The highest BCUT2D eigenvalue weighted by Gasteiger charge is 2.16. The van der Waals surface area contributed by atoms with Gasteiger partial charge >= 0.3 is 14.2 Å². The minimum Gasteiger partial charge on any atom is -0.449 e. The van der Waals surface area contributed by atoms with Crippen LogP contribution in [0.25, 0.3) is 11.1 Å². The molecule has 7 N–H and O–H groups in total. The summed E-state index contributed by atoms with van der Waals surface area (Å²) in [5.74, 6) is -0.972. The molecular formula is C29H33B3BrCl2F2N3O4. The SMILES string of the molecule is CB(O)CNCc1ccc(Br)cc1.CB(O)NNCc1ccc(-c2cc(Cl)ccc2F)cc1.OB(O)c1cc(Cl)ccc1F. The third-order valence-corrected chi connectivity index (χ3v) is 6.71. The van der Waals surface area contributed by atoms with Gasteiger partial charge in [-0.1, -0.05) is 82.4 Å². The molecule has 0 saturated heterocycles. The van der Waals surface area contributed by atoms with Crippen LogP contribution in [0, 0.1) is 11.6 Å². The van der Waals surface area contributed by atoms with E-state index in [1.54, 1.807) is 19.7 Å². The predicted molar refractivity (Wildman–Crippen MR) is 182 cm³/mol. The minimum absolute atomic E-state index is 0.211. The van der Waals surface area contributed by atoms with Crippen LogP contribution in [0.3, 0.4) is 0 Å². The first-order valence-electron chi connectivity index (χ1n) is 13.5. The summed E-state index contributed by atoms with van der Waals surface area (Å²) < 4.78 is 27.5. The monoisotopic (exact) mass is 707 g/mol. The second-order valence-corrected chi connectivity index (χ2v) is 11.4. The van der Waals surface area contributed by atoms with Crippen molar-refractivity contribution in [2.75, 3.05) is 6.44 Å². The maximum absolute atomic E-state index is 13.7. The number of nitrogens with one attached hydrogen (secondary N) is 3. The maximum Gasteiger partial charge on any atom is 0.491 e. The summed E-state index contributed by atoms with van der Waals surface area (Å²) in [4.78, 5) is 0. The zero-order chi connectivity index (χ0) is 32.6. The van der Waals surface area contributed by atoms with Gasteiger partial charge in [0.25, 0.3) is 6.92 Å². The van der Waals surface area contributed by atoms with Crippen LogP contribution in [-0.4, -0.2) is 47.6 Å². The molecule has 0 aliphatic carbocycles. The molecule has 44 heavy (non-hydrogen) atoms. The molecule has 0 amide bonds. The maximum atomic E-state index is 13.7. The van der Waals surface area contributed by atoms with Crippen LogP contribution in [0.15, 0.2) is 89.4 Å². The van der Waals surface area contributed by atoms with E-state index >= 15 is 0 Å². The van der Waals surface area contributed by atoms with Crippen molar-refractivity contribution in [1.29, 1.82) is 0 Å². The lowest BCUT2D eigenvalue weighted by Crippen LogP contribution is -2.41. The van der Waals surface area contributed by atoms with Crippen LogP contribution < -0.4 is 21.5 Å². The van der Waals surface area contributed by atoms with E-state index in [1.165, 1.54) is 29.8 Å². The molecule has 4 aromatic rings. The van der Waals surface area contributed by atoms with E-state index in [4.69, 9.17) is 43.3 Å². The Kier molecular flexibility index (Phi) is 17.2. The minimum atomic E-state index is -1.81. The van der Waals surface area contributed by atoms with Crippen LogP contribution in [0.1, 0.15) is 11.1 Å². The van der Waals surface area contributed by atoms with Crippen molar-refractivity contribution in [2.45, 2.75) is 26.7 Å². The Hall–Kier alpha value is -2.29. The number of hydrazine groups is 1. The van der Waals surface area contributed by atoms with Gasteiger partial charge in [-0.05, 0) is 72.0 Å². The first-order chi connectivity index (χ1) is 20.8. The highest BCUT2D eigenvalue weighted by atomic mass is 79.9. The fourth-order valence-corrected chi connectivity index (χ4v) is 4.18. The number of hydrogen-bond acceptors (Lipinski definition) is 7. The first-order valence-corrected chi connectivity index (χ1v) is 15.1. The van der Waals surface area contributed by atoms with Gasteiger partial charge in [0, 0.05) is 45.1 Å². The summed E-state index contributed by atoms with van der Waals surface area (Å²) in [6, 6.07) is 23.7. The Balaban J connectivity index is 0.000000244. The van der Waals surface area contributed by atoms with Crippen molar-refractivity contribution in [3.05, 3.63) is 122 Å². The molecule has 7 nitrogen and oxygen atoms in total. The quantitative estimate of drug-likeness (QED) is 0.0944. The van der Waals surface area contributed by atoms with E-state index in [2.05, 4.69) is 44.1 Å². The van der Waals surface area contributed by atoms with Gasteiger partial charge in [-0.25, -0.2) is 8.78 Å². The molecule has 232 valence electrons. The van der Waals surface area contributed by atoms with Gasteiger partial charge in [-0.15, -0.1) is 0 Å². The molecule has 0 unspecified atom stereocenters. The van der Waals surface area contributed by atoms with Crippen molar-refractivity contribution in [2.24, 2.45) is 0 Å². The predicted octanol–water partition coefficient (Wildman–Crippen LogP) is 4.70. The van der Waals surface area contributed by atoms with Gasteiger partial charge in [0.05, 0.1) is 0 Å². The van der Waals surface area contributed by atoms with E-state index < -0.39 is 20.0 Å². The van der Waals surface area contributed by atoms with Gasteiger partial charge < -0.3 is 25.4 Å². The number of halogens is 5. The molecule has 0 atom stereocenters. The topological polar surface area (TPSA) is 117 Å². The highest BCUT2D eigenvalue weighted by Crippen LogP contribution is 2.26. The lowest BCUT2D eigenvalue weighted by Gasteiger charge is -2.08. The van der Waals surface area contributed by atoms with E-state index in [0.717, 1.165) is 28.2 Å². The fraction of sp³-hybridized carbons (Fsp3) is 0.172. The third-order valence-electron chi connectivity index (χ3n) is 5.72. The van der Waals surface area contributed by atoms with Crippen molar-refractivity contribution in [1.82, 2.24) is 16.1 Å². The molecule has 0 aromatic heterocycles. The molecule has 0 aliphatic heterocycles. The van der Waals surface area contributed by atoms with Crippen molar-refractivity contribution in [3.63, 3.8) is 0 Å². The molecule has 0 spiro atoms. The van der Waals surface area contributed by atoms with Gasteiger partial charge in [0.1, 0.15) is 11.6 Å². The van der Waals surface area contributed by atoms with E-state index in [1.807, 2.05) is 36.4 Å². The average Bonchev–Trinajstić information content (AvgIpc) is 2.97. The van der Waals surface area contributed by atoms with Gasteiger partial charge in [-0.2, -0.15) is 0 Å². The van der Waals surface area contributed by atoms with Crippen molar-refractivity contribution < 1.29 is 28.9 Å². The number of hydrogen-bond donors (Lipinski definition) is 7. The van der Waals surface area contributed by atoms with Gasteiger partial charge in [0.15, 0.2) is 0 Å². The van der Waals surface area contributed by atoms with Gasteiger partial charge in [0.2, 0.25) is 0 Å². The lowest BCUT2D eigenvalue weighted by atomic mass is 9.72. The lowest BCUT2D eigenvalue weighted by molar-refractivity contribution is 0.423. The van der Waals surface area contributed by atoms with Crippen LogP contribution in [0.2, 0.25) is 23.7 Å². The van der Waals surface area contributed by atoms with Crippen LogP contribution in [0.4, 0.5) is 8.78 Å². The van der Waals surface area contributed by atoms with Crippen LogP contribution >= 0.6 is 39.1 Å². The smallest absolute Gasteiger partial charge is 0.449 e. The fourth-order valence-electron chi connectivity index (χ4n) is 3.56. The van der Waals surface area contributed by atoms with E-state index in [0.29, 0.717) is 23.6 Å². The summed E-state index contributed by atoms with van der Waals surface area (Å²) in [7, 11) is -2.43. The molecule has 0 bridgehead atoms. The Morgan fingerprint density at radius 1 is 0.727 bits per heavy atom. The third kappa shape index (κ3) is 14.7. The summed E-state index contributed by atoms with van der Waals surface area (Å²) >= 11 is 14.7.